The fraction of sp³-hybridized carbons (Fsp3) is 0.0556. The van der Waals surface area contributed by atoms with Crippen LogP contribution >= 0.6 is 0 Å². The van der Waals surface area contributed by atoms with E-state index < -0.39 is 10.0 Å². The van der Waals surface area contributed by atoms with Gasteiger partial charge in [-0.2, -0.15) is 9.61 Å². The number of hydrogen-bond acceptors (Lipinski definition) is 5. The number of fused-ring (bicyclic) bond motifs is 1. The second-order valence-corrected chi connectivity index (χ2v) is 7.53. The molecule has 130 valence electrons. The highest BCUT2D eigenvalue weighted by Crippen LogP contribution is 2.23. The van der Waals surface area contributed by atoms with E-state index in [4.69, 9.17) is 0 Å². The minimum atomic E-state index is -3.65. The molecular weight excluding hydrogens is 350 g/mol. The summed E-state index contributed by atoms with van der Waals surface area (Å²) in [6.45, 7) is 1.91. The Bertz CT molecular complexity index is 1180. The molecule has 0 aliphatic carbocycles. The van der Waals surface area contributed by atoms with Gasteiger partial charge in [0.15, 0.2) is 5.65 Å². The van der Waals surface area contributed by atoms with E-state index in [1.54, 1.807) is 53.0 Å². The Balaban J connectivity index is 1.66. The third-order valence-electron chi connectivity index (χ3n) is 3.90. The van der Waals surface area contributed by atoms with Crippen molar-refractivity contribution in [2.75, 3.05) is 4.72 Å². The lowest BCUT2D eigenvalue weighted by Gasteiger charge is -2.10. The smallest absolute Gasteiger partial charge is 0.261 e. The van der Waals surface area contributed by atoms with E-state index >= 15 is 0 Å². The van der Waals surface area contributed by atoms with Crippen LogP contribution in [0, 0.1) is 6.92 Å². The molecule has 0 atom stereocenters. The van der Waals surface area contributed by atoms with E-state index in [9.17, 15) is 8.42 Å². The predicted molar refractivity (Wildman–Crippen MR) is 98.2 cm³/mol. The zero-order valence-corrected chi connectivity index (χ0v) is 14.7. The number of nitrogens with zero attached hydrogens (tertiary/aromatic N) is 4. The van der Waals surface area contributed by atoms with Crippen molar-refractivity contribution in [3.8, 4) is 11.3 Å². The molecule has 4 aromatic rings. The van der Waals surface area contributed by atoms with Gasteiger partial charge < -0.3 is 0 Å². The molecule has 2 heterocycles. The first-order valence-corrected chi connectivity index (χ1v) is 9.37. The number of rotatable bonds is 4. The Morgan fingerprint density at radius 2 is 1.81 bits per heavy atom. The lowest BCUT2D eigenvalue weighted by atomic mass is 10.1. The lowest BCUT2D eigenvalue weighted by Crippen LogP contribution is -2.12. The molecule has 0 unspecified atom stereocenters. The first kappa shape index (κ1) is 16.2. The topological polar surface area (TPSA) is 89.2 Å². The maximum Gasteiger partial charge on any atom is 0.261 e. The summed E-state index contributed by atoms with van der Waals surface area (Å²) in [7, 11) is -3.65. The van der Waals surface area contributed by atoms with Crippen LogP contribution in [-0.4, -0.2) is 28.2 Å². The SMILES string of the molecule is Cc1ccc(S(=O)(=O)Nc2cccc(-c3ccc4nncn4n3)c2)cc1. The van der Waals surface area contributed by atoms with Crippen LogP contribution in [0.25, 0.3) is 16.9 Å². The summed E-state index contributed by atoms with van der Waals surface area (Å²) in [5, 5.41) is 12.1. The molecule has 7 nitrogen and oxygen atoms in total. The largest absolute Gasteiger partial charge is 0.280 e. The first-order chi connectivity index (χ1) is 12.5. The van der Waals surface area contributed by atoms with Gasteiger partial charge in [0, 0.05) is 11.3 Å². The van der Waals surface area contributed by atoms with Gasteiger partial charge in [0.2, 0.25) is 0 Å². The molecular formula is C18H15N5O2S. The number of hydrogen-bond donors (Lipinski definition) is 1. The third-order valence-corrected chi connectivity index (χ3v) is 5.30. The Hall–Kier alpha value is -3.26. The van der Waals surface area contributed by atoms with Gasteiger partial charge in [0.05, 0.1) is 10.6 Å². The second-order valence-electron chi connectivity index (χ2n) is 5.85. The molecule has 0 amide bonds. The van der Waals surface area contributed by atoms with Crippen molar-refractivity contribution in [3.05, 3.63) is 72.6 Å². The van der Waals surface area contributed by atoms with E-state index in [1.165, 1.54) is 6.33 Å². The summed E-state index contributed by atoms with van der Waals surface area (Å²) in [6.07, 6.45) is 1.52. The average Bonchev–Trinajstić information content (AvgIpc) is 3.09. The molecule has 8 heteroatoms. The monoisotopic (exact) mass is 365 g/mol. The highest BCUT2D eigenvalue weighted by atomic mass is 32.2. The van der Waals surface area contributed by atoms with E-state index in [0.717, 1.165) is 11.1 Å². The molecule has 0 saturated heterocycles. The van der Waals surface area contributed by atoms with Gasteiger partial charge in [-0.3, -0.25) is 4.72 Å². The normalized spacial score (nSPS) is 11.6. The Labute approximate surface area is 150 Å². The van der Waals surface area contributed by atoms with Crippen LogP contribution in [0.5, 0.6) is 0 Å². The molecule has 0 aliphatic rings. The second kappa shape index (κ2) is 6.23. The standard InChI is InChI=1S/C18H15N5O2S/c1-13-5-7-16(8-6-13)26(24,25)22-15-4-2-3-14(11-15)17-9-10-18-20-19-12-23(18)21-17/h2-12,22H,1H3. The zero-order chi connectivity index (χ0) is 18.1. The molecule has 0 radical (unpaired) electrons. The van der Waals surface area contributed by atoms with Crippen LogP contribution < -0.4 is 4.72 Å². The van der Waals surface area contributed by atoms with Crippen molar-refractivity contribution < 1.29 is 8.42 Å². The zero-order valence-electron chi connectivity index (χ0n) is 13.9. The highest BCUT2D eigenvalue weighted by Gasteiger charge is 2.14. The van der Waals surface area contributed by atoms with Gasteiger partial charge in [-0.1, -0.05) is 29.8 Å². The molecule has 1 N–H and O–H groups in total. The van der Waals surface area contributed by atoms with Crippen LogP contribution in [0.1, 0.15) is 5.56 Å². The maximum absolute atomic E-state index is 12.6. The molecule has 0 bridgehead atoms. The summed E-state index contributed by atoms with van der Waals surface area (Å²) in [4.78, 5) is 0.220. The highest BCUT2D eigenvalue weighted by molar-refractivity contribution is 7.92. The Morgan fingerprint density at radius 3 is 2.62 bits per heavy atom. The van der Waals surface area contributed by atoms with Crippen molar-refractivity contribution in [2.45, 2.75) is 11.8 Å². The number of anilines is 1. The molecule has 2 aromatic heterocycles. The van der Waals surface area contributed by atoms with Crippen molar-refractivity contribution >= 4 is 21.4 Å². The van der Waals surface area contributed by atoms with Gasteiger partial charge in [-0.15, -0.1) is 10.2 Å². The van der Waals surface area contributed by atoms with Gasteiger partial charge in [-0.25, -0.2) is 8.42 Å². The summed E-state index contributed by atoms with van der Waals surface area (Å²) < 4.78 is 29.3. The first-order valence-electron chi connectivity index (χ1n) is 7.88. The molecule has 0 aliphatic heterocycles. The third kappa shape index (κ3) is 3.14. The van der Waals surface area contributed by atoms with Gasteiger partial charge in [-0.05, 0) is 43.3 Å². The quantitative estimate of drug-likeness (QED) is 0.601. The summed E-state index contributed by atoms with van der Waals surface area (Å²) in [5.41, 5.74) is 3.58. The van der Waals surface area contributed by atoms with Crippen molar-refractivity contribution in [3.63, 3.8) is 0 Å². The van der Waals surface area contributed by atoms with Crippen LogP contribution in [-0.2, 0) is 10.0 Å². The lowest BCUT2D eigenvalue weighted by molar-refractivity contribution is 0.601. The molecule has 0 saturated carbocycles. The minimum absolute atomic E-state index is 0.220. The van der Waals surface area contributed by atoms with Gasteiger partial charge in [0.1, 0.15) is 6.33 Å². The van der Waals surface area contributed by atoms with Crippen molar-refractivity contribution in [1.29, 1.82) is 0 Å². The van der Waals surface area contributed by atoms with E-state index in [1.807, 2.05) is 19.1 Å². The minimum Gasteiger partial charge on any atom is -0.280 e. The predicted octanol–water partition coefficient (Wildman–Crippen LogP) is 2.90. The number of aryl methyl sites for hydroxylation is 1. The molecule has 2 aromatic carbocycles. The van der Waals surface area contributed by atoms with E-state index in [-0.39, 0.29) is 4.90 Å². The molecule has 0 spiro atoms. The van der Waals surface area contributed by atoms with Gasteiger partial charge in [0.25, 0.3) is 10.0 Å². The van der Waals surface area contributed by atoms with Crippen LogP contribution in [0.4, 0.5) is 5.69 Å². The number of nitrogens with one attached hydrogen (secondary N) is 1. The summed E-state index contributed by atoms with van der Waals surface area (Å²) >= 11 is 0. The molecule has 26 heavy (non-hydrogen) atoms. The Morgan fingerprint density at radius 1 is 1.00 bits per heavy atom. The molecule has 4 rings (SSSR count). The average molecular weight is 365 g/mol. The number of aromatic nitrogens is 4. The Kier molecular flexibility index (Phi) is 3.89. The number of sulfonamides is 1. The van der Waals surface area contributed by atoms with Crippen LogP contribution in [0.2, 0.25) is 0 Å². The fourth-order valence-electron chi connectivity index (χ4n) is 2.56. The van der Waals surface area contributed by atoms with Crippen molar-refractivity contribution in [2.24, 2.45) is 0 Å². The molecule has 0 fully saturated rings. The van der Waals surface area contributed by atoms with Gasteiger partial charge >= 0.3 is 0 Å². The van der Waals surface area contributed by atoms with E-state index in [0.29, 0.717) is 17.0 Å². The van der Waals surface area contributed by atoms with Crippen LogP contribution in [0.15, 0.2) is 71.9 Å². The maximum atomic E-state index is 12.6. The summed E-state index contributed by atoms with van der Waals surface area (Å²) in [5.74, 6) is 0. The van der Waals surface area contributed by atoms with Crippen LogP contribution in [0.3, 0.4) is 0 Å². The fourth-order valence-corrected chi connectivity index (χ4v) is 3.61. The van der Waals surface area contributed by atoms with E-state index in [2.05, 4.69) is 20.0 Å². The van der Waals surface area contributed by atoms with Crippen molar-refractivity contribution in [1.82, 2.24) is 19.8 Å². The number of benzene rings is 2. The summed E-state index contributed by atoms with van der Waals surface area (Å²) in [6, 6.07) is 17.4.